The molecular weight excluding hydrogens is 300 g/mol. The van der Waals surface area contributed by atoms with E-state index in [1.54, 1.807) is 18.2 Å². The van der Waals surface area contributed by atoms with Crippen LogP contribution in [0, 0.1) is 5.92 Å². The minimum atomic E-state index is -0.0325. The fourth-order valence-corrected chi connectivity index (χ4v) is 3.32. The Labute approximate surface area is 143 Å². The summed E-state index contributed by atoms with van der Waals surface area (Å²) in [6.07, 6.45) is 0.217. The molecule has 0 saturated carbocycles. The Hall–Kier alpha value is -2.33. The predicted molar refractivity (Wildman–Crippen MR) is 94.6 cm³/mol. The topological polar surface area (TPSA) is 52.6 Å². The smallest absolute Gasteiger partial charge is 0.224 e. The van der Waals surface area contributed by atoms with Crippen molar-refractivity contribution in [2.24, 2.45) is 5.92 Å². The molecule has 126 valence electrons. The van der Waals surface area contributed by atoms with Crippen molar-refractivity contribution in [1.82, 2.24) is 10.2 Å². The Kier molecular flexibility index (Phi) is 5.16. The molecule has 2 aromatic carbocycles. The molecule has 0 spiro atoms. The van der Waals surface area contributed by atoms with Crippen LogP contribution < -0.4 is 5.32 Å². The molecule has 1 aliphatic heterocycles. The minimum absolute atomic E-state index is 0.0325. The van der Waals surface area contributed by atoms with Crippen LogP contribution in [0.25, 0.3) is 0 Å². The van der Waals surface area contributed by atoms with Crippen molar-refractivity contribution in [3.05, 3.63) is 65.7 Å². The minimum Gasteiger partial charge on any atom is -0.508 e. The first-order chi connectivity index (χ1) is 11.6. The number of carbonyl (C=O) groups excluding carboxylic acids is 1. The lowest BCUT2D eigenvalue weighted by Gasteiger charge is -2.17. The monoisotopic (exact) mass is 324 g/mol. The number of nitrogens with one attached hydrogen (secondary N) is 1. The van der Waals surface area contributed by atoms with Crippen LogP contribution in [0.4, 0.5) is 0 Å². The molecular formula is C20H24N2O2. The SMILES string of the molecule is C[C@@H]1CN(Cc2ccccc2)C[C@H]1NC(=O)Cc1ccccc1O. The van der Waals surface area contributed by atoms with Gasteiger partial charge in [0.25, 0.3) is 0 Å². The quantitative estimate of drug-likeness (QED) is 0.889. The normalized spacial score (nSPS) is 20.9. The molecule has 0 aliphatic carbocycles. The predicted octanol–water partition coefficient (Wildman–Crippen LogP) is 2.57. The second kappa shape index (κ2) is 7.49. The number of phenolic OH excluding ortho intramolecular Hbond substituents is 1. The number of likely N-dealkylation sites (tertiary alicyclic amines) is 1. The highest BCUT2D eigenvalue weighted by Crippen LogP contribution is 2.20. The van der Waals surface area contributed by atoms with Gasteiger partial charge in [0.15, 0.2) is 0 Å². The summed E-state index contributed by atoms with van der Waals surface area (Å²) in [6, 6.07) is 17.6. The Morgan fingerprint density at radius 3 is 2.58 bits per heavy atom. The van der Waals surface area contributed by atoms with E-state index in [9.17, 15) is 9.90 Å². The van der Waals surface area contributed by atoms with Gasteiger partial charge < -0.3 is 10.4 Å². The third-order valence-corrected chi connectivity index (χ3v) is 4.63. The molecule has 1 amide bonds. The third-order valence-electron chi connectivity index (χ3n) is 4.63. The number of rotatable bonds is 5. The maximum atomic E-state index is 12.3. The molecule has 0 bridgehead atoms. The van der Waals surface area contributed by atoms with Crippen molar-refractivity contribution in [3.8, 4) is 5.75 Å². The number of para-hydroxylation sites is 1. The van der Waals surface area contributed by atoms with E-state index in [2.05, 4.69) is 41.4 Å². The number of benzene rings is 2. The van der Waals surface area contributed by atoms with Gasteiger partial charge in [0.05, 0.1) is 6.42 Å². The Balaban J connectivity index is 1.54. The van der Waals surface area contributed by atoms with Crippen LogP contribution in [-0.2, 0) is 17.8 Å². The van der Waals surface area contributed by atoms with Gasteiger partial charge in [-0.25, -0.2) is 0 Å². The summed E-state index contributed by atoms with van der Waals surface area (Å²) in [5.41, 5.74) is 1.97. The van der Waals surface area contributed by atoms with E-state index in [0.717, 1.165) is 19.6 Å². The number of hydrogen-bond acceptors (Lipinski definition) is 3. The summed E-state index contributed by atoms with van der Waals surface area (Å²) in [4.78, 5) is 14.7. The lowest BCUT2D eigenvalue weighted by molar-refractivity contribution is -0.121. The number of amides is 1. The van der Waals surface area contributed by atoms with Gasteiger partial charge >= 0.3 is 0 Å². The Bertz CT molecular complexity index is 687. The first-order valence-corrected chi connectivity index (χ1v) is 8.44. The van der Waals surface area contributed by atoms with Gasteiger partial charge in [-0.2, -0.15) is 0 Å². The number of nitrogens with zero attached hydrogens (tertiary/aromatic N) is 1. The molecule has 1 fully saturated rings. The first-order valence-electron chi connectivity index (χ1n) is 8.44. The summed E-state index contributed by atoms with van der Waals surface area (Å²) in [7, 11) is 0. The molecule has 24 heavy (non-hydrogen) atoms. The number of carbonyl (C=O) groups is 1. The number of hydrogen-bond donors (Lipinski definition) is 2. The zero-order chi connectivity index (χ0) is 16.9. The van der Waals surface area contributed by atoms with Crippen LogP contribution in [0.1, 0.15) is 18.1 Å². The van der Waals surface area contributed by atoms with Crippen LogP contribution in [0.5, 0.6) is 5.75 Å². The van der Waals surface area contributed by atoms with Crippen molar-refractivity contribution >= 4 is 5.91 Å². The van der Waals surface area contributed by atoms with Crippen molar-refractivity contribution in [2.75, 3.05) is 13.1 Å². The second-order valence-electron chi connectivity index (χ2n) is 6.64. The molecule has 2 aromatic rings. The number of phenols is 1. The summed E-state index contributed by atoms with van der Waals surface area (Å²) >= 11 is 0. The van der Waals surface area contributed by atoms with E-state index in [1.165, 1.54) is 5.56 Å². The van der Waals surface area contributed by atoms with E-state index in [1.807, 2.05) is 12.1 Å². The zero-order valence-electron chi connectivity index (χ0n) is 14.0. The fourth-order valence-electron chi connectivity index (χ4n) is 3.32. The summed E-state index contributed by atoms with van der Waals surface area (Å²) in [5.74, 6) is 0.565. The lowest BCUT2D eigenvalue weighted by Crippen LogP contribution is -2.40. The third kappa shape index (κ3) is 4.15. The molecule has 0 radical (unpaired) electrons. The summed E-state index contributed by atoms with van der Waals surface area (Å²) in [5, 5.41) is 12.9. The maximum absolute atomic E-state index is 12.3. The molecule has 0 unspecified atom stereocenters. The van der Waals surface area contributed by atoms with Crippen molar-refractivity contribution in [2.45, 2.75) is 25.9 Å². The second-order valence-corrected chi connectivity index (χ2v) is 6.64. The molecule has 4 nitrogen and oxygen atoms in total. The van der Waals surface area contributed by atoms with Crippen LogP contribution in [-0.4, -0.2) is 35.0 Å². The highest BCUT2D eigenvalue weighted by molar-refractivity contribution is 5.79. The number of aromatic hydroxyl groups is 1. The van der Waals surface area contributed by atoms with E-state index in [0.29, 0.717) is 11.5 Å². The van der Waals surface area contributed by atoms with Gasteiger partial charge in [-0.05, 0) is 17.5 Å². The Morgan fingerprint density at radius 2 is 1.83 bits per heavy atom. The molecule has 0 aromatic heterocycles. The van der Waals surface area contributed by atoms with Gasteiger partial charge in [-0.3, -0.25) is 9.69 Å². The maximum Gasteiger partial charge on any atom is 0.224 e. The van der Waals surface area contributed by atoms with E-state index < -0.39 is 0 Å². The van der Waals surface area contributed by atoms with Gasteiger partial charge in [0.1, 0.15) is 5.75 Å². The Morgan fingerprint density at radius 1 is 1.12 bits per heavy atom. The van der Waals surface area contributed by atoms with Gasteiger partial charge in [0, 0.05) is 31.2 Å². The fraction of sp³-hybridized carbons (Fsp3) is 0.350. The van der Waals surface area contributed by atoms with Crippen LogP contribution >= 0.6 is 0 Å². The average Bonchev–Trinajstić information content (AvgIpc) is 2.90. The van der Waals surface area contributed by atoms with Gasteiger partial charge in [0.2, 0.25) is 5.91 Å². The van der Waals surface area contributed by atoms with Crippen molar-refractivity contribution in [1.29, 1.82) is 0 Å². The molecule has 3 rings (SSSR count). The van der Waals surface area contributed by atoms with Gasteiger partial charge in [-0.15, -0.1) is 0 Å². The van der Waals surface area contributed by atoms with Crippen LogP contribution in [0.2, 0.25) is 0 Å². The molecule has 1 saturated heterocycles. The highest BCUT2D eigenvalue weighted by atomic mass is 16.3. The zero-order valence-corrected chi connectivity index (χ0v) is 14.0. The van der Waals surface area contributed by atoms with E-state index >= 15 is 0 Å². The average molecular weight is 324 g/mol. The van der Waals surface area contributed by atoms with Crippen molar-refractivity contribution in [3.63, 3.8) is 0 Å². The summed E-state index contributed by atoms with van der Waals surface area (Å²) in [6.45, 7) is 4.94. The molecule has 1 aliphatic rings. The largest absolute Gasteiger partial charge is 0.508 e. The summed E-state index contributed by atoms with van der Waals surface area (Å²) < 4.78 is 0. The van der Waals surface area contributed by atoms with Crippen LogP contribution in [0.3, 0.4) is 0 Å². The van der Waals surface area contributed by atoms with E-state index in [4.69, 9.17) is 0 Å². The van der Waals surface area contributed by atoms with Crippen molar-refractivity contribution < 1.29 is 9.90 Å². The lowest BCUT2D eigenvalue weighted by atomic mass is 10.1. The van der Waals surface area contributed by atoms with E-state index in [-0.39, 0.29) is 24.1 Å². The molecule has 2 atom stereocenters. The standard InChI is InChI=1S/C20H24N2O2/c1-15-12-22(13-16-7-3-2-4-8-16)14-18(15)21-20(24)11-17-9-5-6-10-19(17)23/h2-10,15,18,23H,11-14H2,1H3,(H,21,24)/t15-,18-/m1/s1. The highest BCUT2D eigenvalue weighted by Gasteiger charge is 2.30. The van der Waals surface area contributed by atoms with Gasteiger partial charge in [-0.1, -0.05) is 55.5 Å². The first kappa shape index (κ1) is 16.5. The molecule has 1 heterocycles. The molecule has 2 N–H and O–H groups in total. The molecule has 4 heteroatoms. The van der Waals surface area contributed by atoms with Crippen LogP contribution in [0.15, 0.2) is 54.6 Å².